The highest BCUT2D eigenvalue weighted by Gasteiger charge is 2.12. The fraction of sp³-hybridized carbons (Fsp3) is 0.300. The van der Waals surface area contributed by atoms with Gasteiger partial charge in [-0.25, -0.2) is 9.67 Å². The molecule has 6 heteroatoms. The monoisotopic (exact) mass is 283 g/mol. The van der Waals surface area contributed by atoms with Crippen molar-refractivity contribution in [1.82, 2.24) is 14.8 Å². The summed E-state index contributed by atoms with van der Waals surface area (Å²) in [4.78, 5) is 15.5. The van der Waals surface area contributed by atoms with Gasteiger partial charge in [-0.1, -0.05) is 0 Å². The van der Waals surface area contributed by atoms with Crippen molar-refractivity contribution in [3.05, 3.63) is 22.9 Å². The number of ether oxygens (including phenoxy) is 1. The second kappa shape index (κ2) is 4.61. The fourth-order valence-corrected chi connectivity index (χ4v) is 1.91. The third kappa shape index (κ3) is 2.06. The second-order valence-electron chi connectivity index (χ2n) is 3.13. The molecule has 0 amide bonds. The number of esters is 1. The van der Waals surface area contributed by atoms with E-state index in [0.29, 0.717) is 16.9 Å². The Balaban J connectivity index is 2.34. The Morgan fingerprint density at radius 2 is 2.44 bits per heavy atom. The van der Waals surface area contributed by atoms with Crippen molar-refractivity contribution in [2.75, 3.05) is 6.61 Å². The predicted octanol–water partition coefficient (Wildman–Crippen LogP) is 1.76. The number of halogens is 1. The van der Waals surface area contributed by atoms with Crippen molar-refractivity contribution >= 4 is 32.9 Å². The predicted molar refractivity (Wildman–Crippen MR) is 61.9 cm³/mol. The minimum absolute atomic E-state index is 0.0763. The average molecular weight is 284 g/mol. The molecule has 0 unspecified atom stereocenters. The molecule has 0 spiro atoms. The van der Waals surface area contributed by atoms with Gasteiger partial charge in [-0.2, -0.15) is 5.10 Å². The van der Waals surface area contributed by atoms with Gasteiger partial charge in [-0.05, 0) is 35.0 Å². The Labute approximate surface area is 101 Å². The highest BCUT2D eigenvalue weighted by Crippen LogP contribution is 2.20. The number of hydrogen-bond acceptors (Lipinski definition) is 4. The van der Waals surface area contributed by atoms with Crippen LogP contribution in [0.3, 0.4) is 0 Å². The molecule has 5 nitrogen and oxygen atoms in total. The van der Waals surface area contributed by atoms with Crippen LogP contribution in [0, 0.1) is 0 Å². The molecule has 0 N–H and O–H groups in total. The number of nitrogens with zero attached hydrogens (tertiary/aromatic N) is 3. The van der Waals surface area contributed by atoms with Crippen LogP contribution in [0.5, 0.6) is 0 Å². The molecule has 0 saturated carbocycles. The van der Waals surface area contributed by atoms with Gasteiger partial charge in [0.25, 0.3) is 0 Å². The summed E-state index contributed by atoms with van der Waals surface area (Å²) < 4.78 is 7.07. The summed E-state index contributed by atoms with van der Waals surface area (Å²) >= 11 is 3.32. The quantitative estimate of drug-likeness (QED) is 0.806. The minimum Gasteiger partial charge on any atom is -0.465 e. The zero-order valence-corrected chi connectivity index (χ0v) is 10.3. The molecule has 0 saturated heterocycles. The molecule has 2 aromatic heterocycles. The first-order valence-electron chi connectivity index (χ1n) is 4.85. The SMILES string of the molecule is CCOC(=O)Cn1nc(Br)c2cccnc21. The maximum Gasteiger partial charge on any atom is 0.327 e. The lowest BCUT2D eigenvalue weighted by molar-refractivity contribution is -0.143. The minimum atomic E-state index is -0.315. The number of pyridine rings is 1. The Morgan fingerprint density at radius 3 is 3.19 bits per heavy atom. The Morgan fingerprint density at radius 1 is 1.62 bits per heavy atom. The van der Waals surface area contributed by atoms with E-state index in [4.69, 9.17) is 4.74 Å². The van der Waals surface area contributed by atoms with Crippen molar-refractivity contribution in [3.8, 4) is 0 Å². The van der Waals surface area contributed by atoms with Crippen molar-refractivity contribution < 1.29 is 9.53 Å². The van der Waals surface area contributed by atoms with E-state index in [2.05, 4.69) is 26.0 Å². The van der Waals surface area contributed by atoms with Crippen LogP contribution >= 0.6 is 15.9 Å². The topological polar surface area (TPSA) is 57.0 Å². The Hall–Kier alpha value is -1.43. The summed E-state index contributed by atoms with van der Waals surface area (Å²) in [7, 11) is 0. The maximum atomic E-state index is 11.3. The van der Waals surface area contributed by atoms with Crippen molar-refractivity contribution in [2.45, 2.75) is 13.5 Å². The zero-order valence-electron chi connectivity index (χ0n) is 8.68. The molecule has 0 atom stereocenters. The average Bonchev–Trinajstić information content (AvgIpc) is 2.57. The van der Waals surface area contributed by atoms with Gasteiger partial charge in [0, 0.05) is 6.20 Å². The maximum absolute atomic E-state index is 11.3. The number of carbonyl (C=O) groups excluding carboxylic acids is 1. The molecular weight excluding hydrogens is 274 g/mol. The molecule has 2 heterocycles. The van der Waals surface area contributed by atoms with Crippen LogP contribution in [0.2, 0.25) is 0 Å². The first-order valence-corrected chi connectivity index (χ1v) is 5.64. The normalized spacial score (nSPS) is 10.6. The van der Waals surface area contributed by atoms with Gasteiger partial charge in [-0.3, -0.25) is 4.79 Å². The molecule has 0 radical (unpaired) electrons. The number of rotatable bonds is 3. The van der Waals surface area contributed by atoms with Crippen LogP contribution in [0.15, 0.2) is 22.9 Å². The van der Waals surface area contributed by atoms with Crippen LogP contribution in [0.25, 0.3) is 11.0 Å². The molecule has 0 aromatic carbocycles. The molecule has 16 heavy (non-hydrogen) atoms. The van der Waals surface area contributed by atoms with Gasteiger partial charge in [0.1, 0.15) is 11.1 Å². The number of hydrogen-bond donors (Lipinski definition) is 0. The van der Waals surface area contributed by atoms with Crippen molar-refractivity contribution in [3.63, 3.8) is 0 Å². The van der Waals surface area contributed by atoms with E-state index in [9.17, 15) is 4.79 Å². The summed E-state index contributed by atoms with van der Waals surface area (Å²) in [5, 5.41) is 5.06. The molecular formula is C10H10BrN3O2. The largest absolute Gasteiger partial charge is 0.465 e. The first-order chi connectivity index (χ1) is 7.72. The summed E-state index contributed by atoms with van der Waals surface area (Å²) in [6.07, 6.45) is 1.66. The summed E-state index contributed by atoms with van der Waals surface area (Å²) in [6.45, 7) is 2.22. The van der Waals surface area contributed by atoms with Gasteiger partial charge in [0.15, 0.2) is 5.65 Å². The van der Waals surface area contributed by atoms with Crippen molar-refractivity contribution in [1.29, 1.82) is 0 Å². The van der Waals surface area contributed by atoms with E-state index >= 15 is 0 Å². The number of carbonyl (C=O) groups is 1. The summed E-state index contributed by atoms with van der Waals surface area (Å²) in [5.41, 5.74) is 0.669. The molecule has 0 aliphatic rings. The van der Waals surface area contributed by atoms with Crippen LogP contribution in [0.1, 0.15) is 6.92 Å². The van der Waals surface area contributed by atoms with Crippen LogP contribution in [-0.4, -0.2) is 27.3 Å². The standard InChI is InChI=1S/C10H10BrN3O2/c1-2-16-8(15)6-14-10-7(9(11)13-14)4-3-5-12-10/h3-5H,2,6H2,1H3. The molecule has 0 bridgehead atoms. The number of aromatic nitrogens is 3. The third-order valence-electron chi connectivity index (χ3n) is 2.05. The van der Waals surface area contributed by atoms with E-state index in [1.807, 2.05) is 12.1 Å². The second-order valence-corrected chi connectivity index (χ2v) is 3.88. The number of fused-ring (bicyclic) bond motifs is 1. The molecule has 84 valence electrons. The van der Waals surface area contributed by atoms with E-state index in [-0.39, 0.29) is 12.5 Å². The molecule has 2 aromatic rings. The van der Waals surface area contributed by atoms with Gasteiger partial charge >= 0.3 is 5.97 Å². The van der Waals surface area contributed by atoms with E-state index in [1.165, 1.54) is 4.68 Å². The Bertz CT molecular complexity index is 524. The van der Waals surface area contributed by atoms with Gasteiger partial charge < -0.3 is 4.74 Å². The van der Waals surface area contributed by atoms with Gasteiger partial charge in [0.05, 0.1) is 12.0 Å². The molecule has 0 fully saturated rings. The lowest BCUT2D eigenvalue weighted by Crippen LogP contribution is -2.14. The van der Waals surface area contributed by atoms with Crippen LogP contribution in [0.4, 0.5) is 0 Å². The highest BCUT2D eigenvalue weighted by molar-refractivity contribution is 9.10. The zero-order chi connectivity index (χ0) is 11.5. The first kappa shape index (κ1) is 11.1. The van der Waals surface area contributed by atoms with E-state index < -0.39 is 0 Å². The van der Waals surface area contributed by atoms with Gasteiger partial charge in [0.2, 0.25) is 0 Å². The molecule has 0 aliphatic carbocycles. The lowest BCUT2D eigenvalue weighted by Gasteiger charge is -2.02. The smallest absolute Gasteiger partial charge is 0.327 e. The lowest BCUT2D eigenvalue weighted by atomic mass is 10.4. The molecule has 2 rings (SSSR count). The van der Waals surface area contributed by atoms with E-state index in [0.717, 1.165) is 5.39 Å². The molecule has 0 aliphatic heterocycles. The summed E-state index contributed by atoms with van der Waals surface area (Å²) in [5.74, 6) is -0.315. The summed E-state index contributed by atoms with van der Waals surface area (Å²) in [6, 6.07) is 3.71. The third-order valence-corrected chi connectivity index (χ3v) is 2.63. The van der Waals surface area contributed by atoms with E-state index in [1.54, 1.807) is 13.1 Å². The highest BCUT2D eigenvalue weighted by atomic mass is 79.9. The Kier molecular flexibility index (Phi) is 3.19. The van der Waals surface area contributed by atoms with Gasteiger partial charge in [-0.15, -0.1) is 0 Å². The van der Waals surface area contributed by atoms with Crippen LogP contribution in [-0.2, 0) is 16.1 Å². The van der Waals surface area contributed by atoms with Crippen LogP contribution < -0.4 is 0 Å². The van der Waals surface area contributed by atoms with Crippen molar-refractivity contribution in [2.24, 2.45) is 0 Å². The fourth-order valence-electron chi connectivity index (χ4n) is 1.41.